The largest absolute Gasteiger partial charge is 0.348 e. The van der Waals surface area contributed by atoms with Crippen LogP contribution < -0.4 is 5.32 Å². The third kappa shape index (κ3) is 2.78. The number of likely N-dealkylation sites (N-methyl/N-ethyl adjacent to an activating group) is 1. The molecule has 1 N–H and O–H groups in total. The van der Waals surface area contributed by atoms with Gasteiger partial charge in [0.05, 0.1) is 19.8 Å². The normalized spacial score (nSPS) is 25.2. The van der Waals surface area contributed by atoms with Crippen molar-refractivity contribution in [3.05, 3.63) is 0 Å². The molecule has 0 radical (unpaired) electrons. The fraction of sp³-hybridized carbons (Fsp3) is 0.917. The molecule has 0 bridgehead atoms. The van der Waals surface area contributed by atoms with Crippen LogP contribution in [-0.2, 0) is 14.3 Å². The third-order valence-electron chi connectivity index (χ3n) is 3.78. The number of nitrogens with zero attached hydrogens (tertiary/aromatic N) is 1. The Labute approximate surface area is 102 Å². The van der Waals surface area contributed by atoms with E-state index in [4.69, 9.17) is 9.47 Å². The van der Waals surface area contributed by atoms with Gasteiger partial charge < -0.3 is 19.7 Å². The number of nitrogens with one attached hydrogen (secondary N) is 1. The first-order chi connectivity index (χ1) is 8.15. The van der Waals surface area contributed by atoms with Crippen LogP contribution in [-0.4, -0.2) is 56.5 Å². The number of carbonyl (C=O) groups is 1. The van der Waals surface area contributed by atoms with Crippen molar-refractivity contribution in [2.75, 3.05) is 39.9 Å². The minimum Gasteiger partial charge on any atom is -0.348 e. The molecule has 0 spiro atoms. The molecule has 0 atom stereocenters. The summed E-state index contributed by atoms with van der Waals surface area (Å²) in [5, 5.41) is 2.90. The molecule has 98 valence electrons. The van der Waals surface area contributed by atoms with Crippen LogP contribution in [0.5, 0.6) is 0 Å². The Morgan fingerprint density at radius 3 is 2.47 bits per heavy atom. The minimum atomic E-state index is -0.419. The maximum atomic E-state index is 11.7. The second kappa shape index (κ2) is 5.33. The van der Waals surface area contributed by atoms with Gasteiger partial charge in [-0.2, -0.15) is 0 Å². The highest BCUT2D eigenvalue weighted by atomic mass is 16.7. The molecule has 2 heterocycles. The molecule has 2 saturated heterocycles. The molecule has 5 nitrogen and oxygen atoms in total. The average Bonchev–Trinajstić information content (AvgIpc) is 2.78. The highest BCUT2D eigenvalue weighted by molar-refractivity contribution is 5.78. The number of amides is 1. The Kier molecular flexibility index (Phi) is 4.01. The van der Waals surface area contributed by atoms with Crippen LogP contribution >= 0.6 is 0 Å². The number of hydrogen-bond acceptors (Lipinski definition) is 4. The van der Waals surface area contributed by atoms with E-state index in [2.05, 4.69) is 5.32 Å². The van der Waals surface area contributed by atoms with E-state index >= 15 is 0 Å². The number of carbonyl (C=O) groups excluding carboxylic acids is 1. The highest BCUT2D eigenvalue weighted by Gasteiger charge is 2.41. The van der Waals surface area contributed by atoms with E-state index in [-0.39, 0.29) is 5.91 Å². The second-order valence-corrected chi connectivity index (χ2v) is 4.90. The smallest absolute Gasteiger partial charge is 0.236 e. The molecule has 2 aliphatic heterocycles. The molecule has 1 amide bonds. The van der Waals surface area contributed by atoms with E-state index < -0.39 is 5.79 Å². The van der Waals surface area contributed by atoms with Crippen LogP contribution in [0.2, 0.25) is 0 Å². The van der Waals surface area contributed by atoms with Crippen molar-refractivity contribution in [3.8, 4) is 0 Å². The van der Waals surface area contributed by atoms with Gasteiger partial charge in [-0.1, -0.05) is 0 Å². The first-order valence-electron chi connectivity index (χ1n) is 6.36. The minimum absolute atomic E-state index is 0.185. The Bertz CT molecular complexity index is 269. The zero-order chi connectivity index (χ0) is 12.3. The first kappa shape index (κ1) is 12.8. The van der Waals surface area contributed by atoms with Crippen LogP contribution in [0.4, 0.5) is 0 Å². The number of hydrogen-bond donors (Lipinski definition) is 1. The van der Waals surface area contributed by atoms with Gasteiger partial charge in [-0.15, -0.1) is 0 Å². The van der Waals surface area contributed by atoms with E-state index in [1.165, 1.54) is 0 Å². The summed E-state index contributed by atoms with van der Waals surface area (Å²) in [6.07, 6.45) is 1.93. The molecular weight excluding hydrogens is 220 g/mol. The topological polar surface area (TPSA) is 50.8 Å². The molecule has 0 aliphatic carbocycles. The lowest BCUT2D eigenvalue weighted by Crippen LogP contribution is -2.47. The first-order valence-corrected chi connectivity index (χ1v) is 6.36. The average molecular weight is 242 g/mol. The zero-order valence-electron chi connectivity index (χ0n) is 10.7. The molecular formula is C12H22N2O3. The molecule has 2 aliphatic rings. The summed E-state index contributed by atoms with van der Waals surface area (Å²) in [4.78, 5) is 13.6. The van der Waals surface area contributed by atoms with Gasteiger partial charge in [-0.25, -0.2) is 0 Å². The molecule has 0 saturated carbocycles. The SMILES string of the molecule is CNCC(=O)N1CCC(C2(C)OCCO2)CC1. The molecule has 2 rings (SSSR count). The molecule has 17 heavy (non-hydrogen) atoms. The zero-order valence-corrected chi connectivity index (χ0v) is 10.7. The van der Waals surface area contributed by atoms with Gasteiger partial charge in [-0.05, 0) is 26.8 Å². The predicted molar refractivity (Wildman–Crippen MR) is 63.5 cm³/mol. The highest BCUT2D eigenvalue weighted by Crippen LogP contribution is 2.34. The van der Waals surface area contributed by atoms with Crippen molar-refractivity contribution in [2.45, 2.75) is 25.6 Å². The monoisotopic (exact) mass is 242 g/mol. The van der Waals surface area contributed by atoms with Crippen LogP contribution in [0.15, 0.2) is 0 Å². The van der Waals surface area contributed by atoms with Crippen molar-refractivity contribution in [3.63, 3.8) is 0 Å². The fourth-order valence-corrected chi connectivity index (χ4v) is 2.68. The van der Waals surface area contributed by atoms with Gasteiger partial charge in [-0.3, -0.25) is 4.79 Å². The Morgan fingerprint density at radius 1 is 1.35 bits per heavy atom. The summed E-state index contributed by atoms with van der Waals surface area (Å²) in [5.74, 6) is 0.172. The van der Waals surface area contributed by atoms with E-state index in [0.717, 1.165) is 25.9 Å². The third-order valence-corrected chi connectivity index (χ3v) is 3.78. The van der Waals surface area contributed by atoms with E-state index in [1.807, 2.05) is 11.8 Å². The maximum Gasteiger partial charge on any atom is 0.236 e. The summed E-state index contributed by atoms with van der Waals surface area (Å²) in [5.41, 5.74) is 0. The summed E-state index contributed by atoms with van der Waals surface area (Å²) in [6.45, 7) is 5.45. The van der Waals surface area contributed by atoms with Gasteiger partial charge in [0.25, 0.3) is 0 Å². The molecule has 2 fully saturated rings. The van der Waals surface area contributed by atoms with Crippen LogP contribution in [0.1, 0.15) is 19.8 Å². The van der Waals surface area contributed by atoms with Crippen molar-refractivity contribution >= 4 is 5.91 Å². The summed E-state index contributed by atoms with van der Waals surface area (Å²) in [6, 6.07) is 0. The van der Waals surface area contributed by atoms with Crippen molar-refractivity contribution in [1.29, 1.82) is 0 Å². The fourth-order valence-electron chi connectivity index (χ4n) is 2.68. The Balaban J connectivity index is 1.83. The lowest BCUT2D eigenvalue weighted by molar-refractivity contribution is -0.191. The Hall–Kier alpha value is -0.650. The number of piperidine rings is 1. The standard InChI is InChI=1S/C12H22N2O3/c1-12(16-7-8-17-12)10-3-5-14(6-4-10)11(15)9-13-2/h10,13H,3-9H2,1-2H3. The number of rotatable bonds is 3. The maximum absolute atomic E-state index is 11.7. The van der Waals surface area contributed by atoms with Crippen LogP contribution in [0, 0.1) is 5.92 Å². The second-order valence-electron chi connectivity index (χ2n) is 4.90. The summed E-state index contributed by atoms with van der Waals surface area (Å²) >= 11 is 0. The van der Waals surface area contributed by atoms with Crippen LogP contribution in [0.25, 0.3) is 0 Å². The van der Waals surface area contributed by atoms with Crippen molar-refractivity contribution in [2.24, 2.45) is 5.92 Å². The lowest BCUT2D eigenvalue weighted by Gasteiger charge is -2.39. The molecule has 0 aromatic heterocycles. The number of ether oxygens (including phenoxy) is 2. The van der Waals surface area contributed by atoms with Gasteiger partial charge in [0.2, 0.25) is 5.91 Å². The van der Waals surface area contributed by atoms with Crippen LogP contribution in [0.3, 0.4) is 0 Å². The molecule has 0 aromatic carbocycles. The number of likely N-dealkylation sites (tertiary alicyclic amines) is 1. The lowest BCUT2D eigenvalue weighted by atomic mass is 9.89. The molecule has 5 heteroatoms. The summed E-state index contributed by atoms with van der Waals surface area (Å²) < 4.78 is 11.4. The van der Waals surface area contributed by atoms with E-state index in [0.29, 0.717) is 25.7 Å². The van der Waals surface area contributed by atoms with Gasteiger partial charge in [0, 0.05) is 19.0 Å². The van der Waals surface area contributed by atoms with E-state index in [1.54, 1.807) is 7.05 Å². The van der Waals surface area contributed by atoms with Gasteiger partial charge >= 0.3 is 0 Å². The van der Waals surface area contributed by atoms with E-state index in [9.17, 15) is 4.79 Å². The molecule has 0 unspecified atom stereocenters. The summed E-state index contributed by atoms with van der Waals surface area (Å²) in [7, 11) is 1.80. The molecule has 0 aromatic rings. The van der Waals surface area contributed by atoms with Crippen molar-refractivity contribution in [1.82, 2.24) is 10.2 Å². The van der Waals surface area contributed by atoms with Gasteiger partial charge in [0.15, 0.2) is 5.79 Å². The Morgan fingerprint density at radius 2 is 1.94 bits per heavy atom. The predicted octanol–water partition coefficient (Wildman–Crippen LogP) is 0.207. The quantitative estimate of drug-likeness (QED) is 0.768. The van der Waals surface area contributed by atoms with Crippen molar-refractivity contribution < 1.29 is 14.3 Å². The van der Waals surface area contributed by atoms with Gasteiger partial charge in [0.1, 0.15) is 0 Å².